The molecule has 0 radical (unpaired) electrons. The van der Waals surface area contributed by atoms with Gasteiger partial charge in [0.05, 0.1) is 18.8 Å². The zero-order chi connectivity index (χ0) is 14.7. The molecule has 1 aliphatic heterocycles. The first-order valence-corrected chi connectivity index (χ1v) is 8.87. The van der Waals surface area contributed by atoms with Crippen molar-refractivity contribution in [3.05, 3.63) is 35.6 Å². The van der Waals surface area contributed by atoms with Crippen molar-refractivity contribution in [3.63, 3.8) is 0 Å². The van der Waals surface area contributed by atoms with Gasteiger partial charge in [-0.3, -0.25) is 0 Å². The molecule has 0 bridgehead atoms. The molecule has 1 aromatic carbocycles. The molecule has 0 spiro atoms. The highest BCUT2D eigenvalue weighted by molar-refractivity contribution is 7.99. The SMILES string of the molecule is CCCNC(c1cc2cccc(C)c2o1)C1CSCCO1. The number of para-hydroxylation sites is 1. The molecular weight excluding hydrogens is 282 g/mol. The van der Waals surface area contributed by atoms with Gasteiger partial charge in [0.2, 0.25) is 0 Å². The summed E-state index contributed by atoms with van der Waals surface area (Å²) in [6.45, 7) is 6.09. The van der Waals surface area contributed by atoms with Crippen LogP contribution in [0.5, 0.6) is 0 Å². The van der Waals surface area contributed by atoms with E-state index in [0.29, 0.717) is 0 Å². The van der Waals surface area contributed by atoms with Crippen LogP contribution in [0.1, 0.15) is 30.7 Å². The fraction of sp³-hybridized carbons (Fsp3) is 0.529. The molecule has 2 unspecified atom stereocenters. The Kier molecular flexibility index (Phi) is 4.88. The van der Waals surface area contributed by atoms with Gasteiger partial charge in [-0.25, -0.2) is 0 Å². The van der Waals surface area contributed by atoms with E-state index in [-0.39, 0.29) is 12.1 Å². The number of hydrogen-bond donors (Lipinski definition) is 1. The average Bonchev–Trinajstić information content (AvgIpc) is 2.94. The van der Waals surface area contributed by atoms with Gasteiger partial charge in [0.25, 0.3) is 0 Å². The fourth-order valence-electron chi connectivity index (χ4n) is 2.80. The number of nitrogens with one attached hydrogen (secondary N) is 1. The lowest BCUT2D eigenvalue weighted by Gasteiger charge is -2.29. The molecule has 1 aliphatic rings. The Morgan fingerprint density at radius 3 is 3.05 bits per heavy atom. The van der Waals surface area contributed by atoms with Gasteiger partial charge < -0.3 is 14.5 Å². The van der Waals surface area contributed by atoms with Crippen LogP contribution in [0.3, 0.4) is 0 Å². The lowest BCUT2D eigenvalue weighted by atomic mass is 10.1. The Bertz CT molecular complexity index is 589. The summed E-state index contributed by atoms with van der Waals surface area (Å²) in [6, 6.07) is 8.60. The number of benzene rings is 1. The normalized spacial score (nSPS) is 20.8. The number of furan rings is 1. The number of thioether (sulfide) groups is 1. The summed E-state index contributed by atoms with van der Waals surface area (Å²) in [5.74, 6) is 3.12. The Morgan fingerprint density at radius 2 is 2.33 bits per heavy atom. The molecule has 0 saturated carbocycles. The molecule has 4 heteroatoms. The second-order valence-corrected chi connectivity index (χ2v) is 6.71. The molecule has 2 aromatic rings. The summed E-state index contributed by atoms with van der Waals surface area (Å²) in [4.78, 5) is 0. The van der Waals surface area contributed by atoms with E-state index in [1.165, 1.54) is 10.9 Å². The maximum absolute atomic E-state index is 6.16. The van der Waals surface area contributed by atoms with Crippen LogP contribution in [0.25, 0.3) is 11.0 Å². The summed E-state index contributed by atoms with van der Waals surface area (Å²) >= 11 is 1.96. The van der Waals surface area contributed by atoms with Crippen LogP contribution < -0.4 is 5.32 Å². The second-order valence-electron chi connectivity index (χ2n) is 5.56. The first-order chi connectivity index (χ1) is 10.3. The Hall–Kier alpha value is -0.970. The number of fused-ring (bicyclic) bond motifs is 1. The van der Waals surface area contributed by atoms with Crippen molar-refractivity contribution in [2.24, 2.45) is 0 Å². The molecule has 2 heterocycles. The molecule has 21 heavy (non-hydrogen) atoms. The predicted octanol–water partition coefficient (Wildman–Crippen LogP) is 3.91. The zero-order valence-electron chi connectivity index (χ0n) is 12.7. The van der Waals surface area contributed by atoms with E-state index >= 15 is 0 Å². The van der Waals surface area contributed by atoms with Crippen LogP contribution in [-0.4, -0.2) is 30.8 Å². The number of ether oxygens (including phenoxy) is 1. The molecule has 3 rings (SSSR count). The lowest BCUT2D eigenvalue weighted by molar-refractivity contribution is 0.0414. The van der Waals surface area contributed by atoms with E-state index in [2.05, 4.69) is 43.4 Å². The summed E-state index contributed by atoms with van der Waals surface area (Å²) in [7, 11) is 0. The van der Waals surface area contributed by atoms with E-state index in [0.717, 1.165) is 42.4 Å². The van der Waals surface area contributed by atoms with Gasteiger partial charge in [-0.15, -0.1) is 0 Å². The summed E-state index contributed by atoms with van der Waals surface area (Å²) in [5.41, 5.74) is 2.19. The summed E-state index contributed by atoms with van der Waals surface area (Å²) in [6.07, 6.45) is 1.30. The highest BCUT2D eigenvalue weighted by atomic mass is 32.2. The third-order valence-electron chi connectivity index (χ3n) is 3.89. The van der Waals surface area contributed by atoms with Gasteiger partial charge in [0.15, 0.2) is 0 Å². The van der Waals surface area contributed by atoms with E-state index in [1.807, 2.05) is 11.8 Å². The Labute approximate surface area is 130 Å². The molecular formula is C17H23NO2S. The minimum atomic E-state index is 0.143. The van der Waals surface area contributed by atoms with Crippen molar-refractivity contribution in [2.75, 3.05) is 24.7 Å². The number of aryl methyl sites for hydroxylation is 1. The lowest BCUT2D eigenvalue weighted by Crippen LogP contribution is -2.38. The van der Waals surface area contributed by atoms with Crippen molar-refractivity contribution in [1.29, 1.82) is 0 Å². The smallest absolute Gasteiger partial charge is 0.137 e. The molecule has 1 aromatic heterocycles. The average molecular weight is 305 g/mol. The van der Waals surface area contributed by atoms with Crippen LogP contribution in [0.2, 0.25) is 0 Å². The van der Waals surface area contributed by atoms with E-state index < -0.39 is 0 Å². The van der Waals surface area contributed by atoms with E-state index in [1.54, 1.807) is 0 Å². The van der Waals surface area contributed by atoms with Gasteiger partial charge in [-0.05, 0) is 31.5 Å². The molecule has 114 valence electrons. The Balaban J connectivity index is 1.90. The van der Waals surface area contributed by atoms with Crippen LogP contribution in [0, 0.1) is 6.92 Å². The Morgan fingerprint density at radius 1 is 1.43 bits per heavy atom. The van der Waals surface area contributed by atoms with Crippen molar-refractivity contribution in [3.8, 4) is 0 Å². The number of hydrogen-bond acceptors (Lipinski definition) is 4. The third-order valence-corrected chi connectivity index (χ3v) is 4.91. The monoisotopic (exact) mass is 305 g/mol. The predicted molar refractivity (Wildman–Crippen MR) is 89.1 cm³/mol. The molecule has 2 atom stereocenters. The molecule has 0 amide bonds. The minimum absolute atomic E-state index is 0.143. The van der Waals surface area contributed by atoms with Crippen molar-refractivity contribution in [1.82, 2.24) is 5.32 Å². The summed E-state index contributed by atoms with van der Waals surface area (Å²) < 4.78 is 12.1. The van der Waals surface area contributed by atoms with Crippen molar-refractivity contribution < 1.29 is 9.15 Å². The topological polar surface area (TPSA) is 34.4 Å². The molecule has 1 fully saturated rings. The van der Waals surface area contributed by atoms with Gasteiger partial charge in [-0.2, -0.15) is 11.8 Å². The molecule has 0 aliphatic carbocycles. The second kappa shape index (κ2) is 6.86. The van der Waals surface area contributed by atoms with E-state index in [9.17, 15) is 0 Å². The third kappa shape index (κ3) is 3.28. The van der Waals surface area contributed by atoms with Crippen LogP contribution in [-0.2, 0) is 4.74 Å². The minimum Gasteiger partial charge on any atom is -0.459 e. The van der Waals surface area contributed by atoms with Crippen LogP contribution in [0.15, 0.2) is 28.7 Å². The molecule has 1 saturated heterocycles. The van der Waals surface area contributed by atoms with Gasteiger partial charge in [0, 0.05) is 16.9 Å². The highest BCUT2D eigenvalue weighted by Gasteiger charge is 2.28. The van der Waals surface area contributed by atoms with Crippen LogP contribution >= 0.6 is 11.8 Å². The van der Waals surface area contributed by atoms with E-state index in [4.69, 9.17) is 9.15 Å². The van der Waals surface area contributed by atoms with Gasteiger partial charge in [0.1, 0.15) is 11.3 Å². The number of rotatable bonds is 5. The fourth-order valence-corrected chi connectivity index (χ4v) is 3.70. The first kappa shape index (κ1) is 14.9. The summed E-state index contributed by atoms with van der Waals surface area (Å²) in [5, 5.41) is 4.78. The maximum atomic E-state index is 6.16. The standard InChI is InChI=1S/C17H23NO2S/c1-3-7-18-16(15-11-21-9-8-19-15)14-10-13-6-4-5-12(2)17(13)20-14/h4-6,10,15-16,18H,3,7-9,11H2,1-2H3. The zero-order valence-corrected chi connectivity index (χ0v) is 13.5. The molecule has 1 N–H and O–H groups in total. The molecule has 3 nitrogen and oxygen atoms in total. The quantitative estimate of drug-likeness (QED) is 0.908. The maximum Gasteiger partial charge on any atom is 0.137 e. The van der Waals surface area contributed by atoms with Gasteiger partial charge >= 0.3 is 0 Å². The van der Waals surface area contributed by atoms with Gasteiger partial charge in [-0.1, -0.05) is 25.1 Å². The first-order valence-electron chi connectivity index (χ1n) is 7.71. The van der Waals surface area contributed by atoms with Crippen LogP contribution in [0.4, 0.5) is 0 Å². The van der Waals surface area contributed by atoms with Crippen molar-refractivity contribution >= 4 is 22.7 Å². The largest absolute Gasteiger partial charge is 0.459 e. The van der Waals surface area contributed by atoms with Crippen molar-refractivity contribution in [2.45, 2.75) is 32.4 Å². The highest BCUT2D eigenvalue weighted by Crippen LogP contribution is 2.31.